The first-order chi connectivity index (χ1) is 15.5. The third kappa shape index (κ3) is 4.05. The number of anilines is 1. The van der Waals surface area contributed by atoms with E-state index in [1.165, 1.54) is 0 Å². The number of hydrogen-bond donors (Lipinski definition) is 1. The first-order valence-corrected chi connectivity index (χ1v) is 10.4. The van der Waals surface area contributed by atoms with Crippen molar-refractivity contribution >= 4 is 33.5 Å². The Balaban J connectivity index is 1.34. The van der Waals surface area contributed by atoms with Gasteiger partial charge in [-0.15, -0.1) is 0 Å². The van der Waals surface area contributed by atoms with E-state index in [1.54, 1.807) is 0 Å². The van der Waals surface area contributed by atoms with E-state index in [4.69, 9.17) is 14.1 Å². The zero-order valence-corrected chi connectivity index (χ0v) is 17.9. The number of ether oxygens (including phenoxy) is 1. The number of benzene rings is 4. The monoisotopic (exact) mass is 422 g/mol. The van der Waals surface area contributed by atoms with Crippen LogP contribution in [0.25, 0.3) is 33.3 Å². The van der Waals surface area contributed by atoms with Crippen LogP contribution >= 0.6 is 0 Å². The summed E-state index contributed by atoms with van der Waals surface area (Å²) < 4.78 is 11.7. The van der Waals surface area contributed by atoms with E-state index >= 15 is 0 Å². The molecule has 1 amide bonds. The standard InChI is InChI=1S/C27H22N2O3/c1-17-12-18(2)14-22(13-17)31-16-25(30)28-21-8-5-7-20(15-21)27-29-26-23-9-4-3-6-19(23)10-11-24(26)32-27/h3-15H,16H2,1-2H3,(H,28,30). The molecule has 1 N–H and O–H groups in total. The summed E-state index contributed by atoms with van der Waals surface area (Å²) in [6.45, 7) is 3.93. The lowest BCUT2D eigenvalue weighted by atomic mass is 10.1. The van der Waals surface area contributed by atoms with Crippen molar-refractivity contribution in [3.05, 3.63) is 90.0 Å². The summed E-state index contributed by atoms with van der Waals surface area (Å²) in [5.41, 5.74) is 5.20. The maximum Gasteiger partial charge on any atom is 0.262 e. The van der Waals surface area contributed by atoms with E-state index in [2.05, 4.69) is 17.4 Å². The van der Waals surface area contributed by atoms with Gasteiger partial charge in [0, 0.05) is 16.6 Å². The molecular formula is C27H22N2O3. The first kappa shape index (κ1) is 19.8. The van der Waals surface area contributed by atoms with Crippen molar-refractivity contribution < 1.29 is 13.9 Å². The van der Waals surface area contributed by atoms with Gasteiger partial charge in [-0.1, -0.05) is 42.5 Å². The molecule has 0 atom stereocenters. The van der Waals surface area contributed by atoms with Gasteiger partial charge in [-0.3, -0.25) is 4.79 Å². The van der Waals surface area contributed by atoms with Crippen LogP contribution in [-0.2, 0) is 4.79 Å². The Morgan fingerprint density at radius 2 is 1.75 bits per heavy atom. The van der Waals surface area contributed by atoms with Crippen molar-refractivity contribution in [1.82, 2.24) is 4.98 Å². The van der Waals surface area contributed by atoms with Crippen LogP contribution in [0.15, 0.2) is 83.3 Å². The summed E-state index contributed by atoms with van der Waals surface area (Å²) in [6, 6.07) is 25.4. The van der Waals surface area contributed by atoms with E-state index in [9.17, 15) is 4.79 Å². The fraction of sp³-hybridized carbons (Fsp3) is 0.111. The molecule has 0 aliphatic carbocycles. The Morgan fingerprint density at radius 3 is 2.59 bits per heavy atom. The smallest absolute Gasteiger partial charge is 0.262 e. The number of aryl methyl sites for hydroxylation is 2. The van der Waals surface area contributed by atoms with Crippen molar-refractivity contribution in [2.75, 3.05) is 11.9 Å². The molecule has 32 heavy (non-hydrogen) atoms. The number of nitrogens with one attached hydrogen (secondary N) is 1. The summed E-state index contributed by atoms with van der Waals surface area (Å²) >= 11 is 0. The van der Waals surface area contributed by atoms with Crippen LogP contribution in [0.1, 0.15) is 11.1 Å². The molecule has 5 rings (SSSR count). The topological polar surface area (TPSA) is 64.4 Å². The second kappa shape index (κ2) is 8.19. The summed E-state index contributed by atoms with van der Waals surface area (Å²) in [5, 5.41) is 5.05. The molecule has 0 saturated carbocycles. The van der Waals surface area contributed by atoms with Crippen LogP contribution < -0.4 is 10.1 Å². The molecule has 0 bridgehead atoms. The van der Waals surface area contributed by atoms with Gasteiger partial charge in [-0.2, -0.15) is 0 Å². The van der Waals surface area contributed by atoms with Gasteiger partial charge in [0.1, 0.15) is 11.3 Å². The molecule has 0 aliphatic heterocycles. The maximum absolute atomic E-state index is 12.4. The quantitative estimate of drug-likeness (QED) is 0.362. The average molecular weight is 422 g/mol. The molecular weight excluding hydrogens is 400 g/mol. The number of amides is 1. The first-order valence-electron chi connectivity index (χ1n) is 10.4. The summed E-state index contributed by atoms with van der Waals surface area (Å²) in [5.74, 6) is 0.967. The number of carbonyl (C=O) groups is 1. The molecule has 0 spiro atoms. The normalized spacial score (nSPS) is 11.1. The Bertz CT molecular complexity index is 1430. The third-order valence-electron chi connectivity index (χ3n) is 5.24. The van der Waals surface area contributed by atoms with Gasteiger partial charge in [-0.25, -0.2) is 4.98 Å². The van der Waals surface area contributed by atoms with Crippen LogP contribution in [0, 0.1) is 13.8 Å². The molecule has 4 aromatic carbocycles. The zero-order valence-electron chi connectivity index (χ0n) is 17.9. The van der Waals surface area contributed by atoms with E-state index in [0.717, 1.165) is 38.6 Å². The Kier molecular flexibility index (Phi) is 5.07. The van der Waals surface area contributed by atoms with Crippen LogP contribution in [0.5, 0.6) is 5.75 Å². The predicted molar refractivity (Wildman–Crippen MR) is 127 cm³/mol. The molecule has 5 heteroatoms. The summed E-state index contributed by atoms with van der Waals surface area (Å²) in [4.78, 5) is 17.1. The van der Waals surface area contributed by atoms with Gasteiger partial charge in [0.05, 0.1) is 0 Å². The largest absolute Gasteiger partial charge is 0.484 e. The second-order valence-corrected chi connectivity index (χ2v) is 7.89. The third-order valence-corrected chi connectivity index (χ3v) is 5.24. The molecule has 158 valence electrons. The highest BCUT2D eigenvalue weighted by atomic mass is 16.5. The Morgan fingerprint density at radius 1 is 0.938 bits per heavy atom. The Labute approximate surface area is 185 Å². The SMILES string of the molecule is Cc1cc(C)cc(OCC(=O)Nc2cccc(-c3nc4c(ccc5ccccc54)o3)c2)c1. The van der Waals surface area contributed by atoms with E-state index in [-0.39, 0.29) is 12.5 Å². The van der Waals surface area contributed by atoms with Gasteiger partial charge < -0.3 is 14.5 Å². The number of fused-ring (bicyclic) bond motifs is 3. The zero-order chi connectivity index (χ0) is 22.1. The Hall–Kier alpha value is -4.12. The average Bonchev–Trinajstić information content (AvgIpc) is 3.22. The second-order valence-electron chi connectivity index (χ2n) is 7.89. The van der Waals surface area contributed by atoms with Crippen molar-refractivity contribution in [2.24, 2.45) is 0 Å². The van der Waals surface area contributed by atoms with Gasteiger partial charge >= 0.3 is 0 Å². The van der Waals surface area contributed by atoms with Crippen molar-refractivity contribution in [1.29, 1.82) is 0 Å². The predicted octanol–water partition coefficient (Wildman–Crippen LogP) is 6.28. The van der Waals surface area contributed by atoms with Gasteiger partial charge in [-0.05, 0) is 66.8 Å². The fourth-order valence-corrected chi connectivity index (χ4v) is 3.88. The highest BCUT2D eigenvalue weighted by molar-refractivity contribution is 6.04. The van der Waals surface area contributed by atoms with Crippen LogP contribution in [-0.4, -0.2) is 17.5 Å². The number of aromatic nitrogens is 1. The van der Waals surface area contributed by atoms with Crippen LogP contribution in [0.4, 0.5) is 5.69 Å². The minimum atomic E-state index is -0.232. The molecule has 5 aromatic rings. The van der Waals surface area contributed by atoms with Crippen LogP contribution in [0.3, 0.4) is 0 Å². The highest BCUT2D eigenvalue weighted by Gasteiger charge is 2.12. The molecule has 0 fully saturated rings. The molecule has 1 aromatic heterocycles. The molecule has 0 saturated heterocycles. The van der Waals surface area contributed by atoms with Crippen molar-refractivity contribution in [3.8, 4) is 17.2 Å². The molecule has 0 radical (unpaired) electrons. The van der Waals surface area contributed by atoms with Crippen molar-refractivity contribution in [2.45, 2.75) is 13.8 Å². The fourth-order valence-electron chi connectivity index (χ4n) is 3.88. The lowest BCUT2D eigenvalue weighted by Crippen LogP contribution is -2.20. The lowest BCUT2D eigenvalue weighted by Gasteiger charge is -2.09. The van der Waals surface area contributed by atoms with E-state index in [1.807, 2.05) is 80.6 Å². The molecule has 0 aliphatic rings. The summed E-state index contributed by atoms with van der Waals surface area (Å²) in [6.07, 6.45) is 0. The van der Waals surface area contributed by atoms with E-state index < -0.39 is 0 Å². The van der Waals surface area contributed by atoms with Crippen molar-refractivity contribution in [3.63, 3.8) is 0 Å². The van der Waals surface area contributed by atoms with E-state index in [0.29, 0.717) is 17.3 Å². The molecule has 5 nitrogen and oxygen atoms in total. The van der Waals surface area contributed by atoms with Gasteiger partial charge in [0.25, 0.3) is 5.91 Å². The number of hydrogen-bond acceptors (Lipinski definition) is 4. The van der Waals surface area contributed by atoms with Gasteiger partial charge in [0.15, 0.2) is 12.2 Å². The number of nitrogens with zero attached hydrogens (tertiary/aromatic N) is 1. The molecule has 1 heterocycles. The number of rotatable bonds is 5. The maximum atomic E-state index is 12.4. The van der Waals surface area contributed by atoms with Crippen LogP contribution in [0.2, 0.25) is 0 Å². The minimum absolute atomic E-state index is 0.0675. The number of carbonyl (C=O) groups excluding carboxylic acids is 1. The molecule has 0 unspecified atom stereocenters. The lowest BCUT2D eigenvalue weighted by molar-refractivity contribution is -0.118. The number of oxazole rings is 1. The summed E-state index contributed by atoms with van der Waals surface area (Å²) in [7, 11) is 0. The minimum Gasteiger partial charge on any atom is -0.484 e. The van der Waals surface area contributed by atoms with Gasteiger partial charge in [0.2, 0.25) is 5.89 Å². The highest BCUT2D eigenvalue weighted by Crippen LogP contribution is 2.30.